The van der Waals surface area contributed by atoms with Gasteiger partial charge in [-0.15, -0.1) is 0 Å². The highest BCUT2D eigenvalue weighted by molar-refractivity contribution is 5.79. The molecule has 27 heavy (non-hydrogen) atoms. The summed E-state index contributed by atoms with van der Waals surface area (Å²) in [6.45, 7) is 1.17. The average molecular weight is 369 g/mol. The van der Waals surface area contributed by atoms with Gasteiger partial charge in [0.1, 0.15) is 17.7 Å². The van der Waals surface area contributed by atoms with Crippen molar-refractivity contribution in [2.24, 2.45) is 0 Å². The third kappa shape index (κ3) is 4.08. The summed E-state index contributed by atoms with van der Waals surface area (Å²) in [6.07, 6.45) is 0. The number of hydrogen-bond acceptors (Lipinski definition) is 3. The zero-order chi connectivity index (χ0) is 19.4. The summed E-state index contributed by atoms with van der Waals surface area (Å²) < 4.78 is 28.4. The third-order valence-corrected chi connectivity index (χ3v) is 4.14. The van der Waals surface area contributed by atoms with Crippen molar-refractivity contribution in [1.82, 2.24) is 15.1 Å². The molecule has 3 rings (SSSR count). The maximum atomic E-state index is 13.7. The maximum absolute atomic E-state index is 13.7. The van der Waals surface area contributed by atoms with Crippen molar-refractivity contribution in [3.8, 4) is 11.3 Å². The number of nitrogens with zero attached hydrogens (tertiary/aromatic N) is 2. The number of rotatable bonds is 5. The first-order chi connectivity index (χ1) is 13.0. The number of hydrogen-bond donors (Lipinski definition) is 1. The van der Waals surface area contributed by atoms with Crippen molar-refractivity contribution in [3.63, 3.8) is 0 Å². The van der Waals surface area contributed by atoms with Crippen molar-refractivity contribution in [2.75, 3.05) is 0 Å². The Balaban J connectivity index is 1.80. The van der Waals surface area contributed by atoms with Crippen LogP contribution in [-0.2, 0) is 11.3 Å². The highest BCUT2D eigenvalue weighted by atomic mass is 19.1. The molecular formula is C20H17F2N3O2. The molecule has 138 valence electrons. The molecule has 0 saturated carbocycles. The second-order valence-electron chi connectivity index (χ2n) is 5.96. The monoisotopic (exact) mass is 369 g/mol. The largest absolute Gasteiger partial charge is 0.350 e. The number of aromatic nitrogens is 2. The molecule has 1 amide bonds. The quantitative estimate of drug-likeness (QED) is 0.752. The Morgan fingerprint density at radius 1 is 1.04 bits per heavy atom. The fraction of sp³-hybridized carbons (Fsp3) is 0.150. The van der Waals surface area contributed by atoms with E-state index in [1.165, 1.54) is 19.1 Å². The molecule has 1 aromatic heterocycles. The van der Waals surface area contributed by atoms with Crippen LogP contribution in [0.25, 0.3) is 11.3 Å². The van der Waals surface area contributed by atoms with Crippen LogP contribution in [-0.4, -0.2) is 15.7 Å². The second-order valence-corrected chi connectivity index (χ2v) is 5.96. The lowest BCUT2D eigenvalue weighted by atomic mass is 10.1. The lowest BCUT2D eigenvalue weighted by Gasteiger charge is -2.15. The number of amides is 1. The molecule has 1 atom stereocenters. The number of nitrogens with one attached hydrogen (secondary N) is 1. The predicted octanol–water partition coefficient (Wildman–Crippen LogP) is 3.07. The molecule has 0 radical (unpaired) electrons. The van der Waals surface area contributed by atoms with E-state index in [0.29, 0.717) is 5.69 Å². The van der Waals surface area contributed by atoms with Crippen molar-refractivity contribution >= 4 is 5.91 Å². The molecule has 0 saturated heterocycles. The fourth-order valence-corrected chi connectivity index (χ4v) is 2.60. The van der Waals surface area contributed by atoms with Gasteiger partial charge >= 0.3 is 0 Å². The van der Waals surface area contributed by atoms with E-state index in [4.69, 9.17) is 0 Å². The summed E-state index contributed by atoms with van der Waals surface area (Å²) in [5.41, 5.74) is 0.646. The molecule has 5 nitrogen and oxygen atoms in total. The number of benzene rings is 2. The minimum absolute atomic E-state index is 0.239. The van der Waals surface area contributed by atoms with Gasteiger partial charge in [-0.05, 0) is 25.1 Å². The van der Waals surface area contributed by atoms with E-state index < -0.39 is 29.1 Å². The highest BCUT2D eigenvalue weighted by Crippen LogP contribution is 2.16. The molecule has 7 heteroatoms. The van der Waals surface area contributed by atoms with Gasteiger partial charge in [-0.25, -0.2) is 13.5 Å². The first-order valence-corrected chi connectivity index (χ1v) is 8.33. The van der Waals surface area contributed by atoms with E-state index in [1.807, 2.05) is 30.3 Å². The number of carbonyl (C=O) groups is 1. The summed E-state index contributed by atoms with van der Waals surface area (Å²) in [6, 6.07) is 14.6. The first kappa shape index (κ1) is 18.4. The lowest BCUT2D eigenvalue weighted by molar-refractivity contribution is -0.124. The lowest BCUT2D eigenvalue weighted by Crippen LogP contribution is -2.37. The molecule has 0 aliphatic heterocycles. The van der Waals surface area contributed by atoms with E-state index in [9.17, 15) is 18.4 Å². The Bertz CT molecular complexity index is 999. The molecule has 3 aromatic rings. The molecule has 1 unspecified atom stereocenters. The van der Waals surface area contributed by atoms with Crippen LogP contribution in [0.2, 0.25) is 0 Å². The third-order valence-electron chi connectivity index (χ3n) is 4.14. The summed E-state index contributed by atoms with van der Waals surface area (Å²) in [5.74, 6) is -2.06. The maximum Gasteiger partial charge on any atom is 0.267 e. The Morgan fingerprint density at radius 3 is 2.37 bits per heavy atom. The normalized spacial score (nSPS) is 11.8. The van der Waals surface area contributed by atoms with E-state index in [0.717, 1.165) is 22.4 Å². The van der Waals surface area contributed by atoms with Crippen LogP contribution in [0.3, 0.4) is 0 Å². The van der Waals surface area contributed by atoms with Gasteiger partial charge < -0.3 is 5.32 Å². The van der Waals surface area contributed by atoms with E-state index in [1.54, 1.807) is 6.07 Å². The fourth-order valence-electron chi connectivity index (χ4n) is 2.60. The van der Waals surface area contributed by atoms with E-state index >= 15 is 0 Å². The molecule has 0 aliphatic rings. The van der Waals surface area contributed by atoms with Crippen molar-refractivity contribution in [1.29, 1.82) is 0 Å². The first-order valence-electron chi connectivity index (χ1n) is 8.33. The Labute approximate surface area is 154 Å². The standard InChI is InChI=1S/C20H17F2N3O2/c1-13(20(27)23-12-15-16(21)8-5-9-17(15)22)25-19(26)11-10-18(24-25)14-6-3-2-4-7-14/h2-11,13H,12H2,1H3,(H,23,27). The summed E-state index contributed by atoms with van der Waals surface area (Å²) in [5, 5.41) is 6.70. The van der Waals surface area contributed by atoms with Crippen LogP contribution in [0.4, 0.5) is 8.78 Å². The van der Waals surface area contributed by atoms with Gasteiger partial charge in [0.05, 0.1) is 5.69 Å². The zero-order valence-electron chi connectivity index (χ0n) is 14.5. The molecule has 2 aromatic carbocycles. The Morgan fingerprint density at radius 2 is 1.70 bits per heavy atom. The number of halogens is 2. The summed E-state index contributed by atoms with van der Waals surface area (Å²) in [4.78, 5) is 24.5. The van der Waals surface area contributed by atoms with Crippen molar-refractivity contribution in [3.05, 3.63) is 88.2 Å². The van der Waals surface area contributed by atoms with Crippen molar-refractivity contribution in [2.45, 2.75) is 19.5 Å². The van der Waals surface area contributed by atoms with E-state index in [-0.39, 0.29) is 12.1 Å². The smallest absolute Gasteiger partial charge is 0.267 e. The summed E-state index contributed by atoms with van der Waals surface area (Å²) >= 11 is 0. The SMILES string of the molecule is CC(C(=O)NCc1c(F)cccc1F)n1nc(-c2ccccc2)ccc1=O. The van der Waals surface area contributed by atoms with Crippen LogP contribution in [0.1, 0.15) is 18.5 Å². The topological polar surface area (TPSA) is 64.0 Å². The van der Waals surface area contributed by atoms with Crippen LogP contribution in [0.5, 0.6) is 0 Å². The second kappa shape index (κ2) is 7.90. The molecular weight excluding hydrogens is 352 g/mol. The predicted molar refractivity (Wildman–Crippen MR) is 96.8 cm³/mol. The van der Waals surface area contributed by atoms with Crippen LogP contribution in [0, 0.1) is 11.6 Å². The van der Waals surface area contributed by atoms with Gasteiger partial charge in [-0.3, -0.25) is 9.59 Å². The van der Waals surface area contributed by atoms with Gasteiger partial charge in [0.15, 0.2) is 0 Å². The molecule has 0 fully saturated rings. The molecule has 0 bridgehead atoms. The van der Waals surface area contributed by atoms with Crippen LogP contribution in [0.15, 0.2) is 65.5 Å². The zero-order valence-corrected chi connectivity index (χ0v) is 14.5. The average Bonchev–Trinajstić information content (AvgIpc) is 2.68. The van der Waals surface area contributed by atoms with Gasteiger partial charge in [0.2, 0.25) is 5.91 Å². The summed E-state index contributed by atoms with van der Waals surface area (Å²) in [7, 11) is 0. The van der Waals surface area contributed by atoms with Crippen molar-refractivity contribution < 1.29 is 13.6 Å². The van der Waals surface area contributed by atoms with E-state index in [2.05, 4.69) is 10.4 Å². The Hall–Kier alpha value is -3.35. The Kier molecular flexibility index (Phi) is 5.40. The van der Waals surface area contributed by atoms with Gasteiger partial charge in [-0.2, -0.15) is 5.10 Å². The molecule has 1 heterocycles. The minimum Gasteiger partial charge on any atom is -0.350 e. The van der Waals surface area contributed by atoms with Gasteiger partial charge in [-0.1, -0.05) is 36.4 Å². The van der Waals surface area contributed by atoms with Crippen LogP contribution < -0.4 is 10.9 Å². The minimum atomic E-state index is -0.948. The highest BCUT2D eigenvalue weighted by Gasteiger charge is 2.19. The molecule has 1 N–H and O–H groups in total. The van der Waals surface area contributed by atoms with Crippen LogP contribution >= 0.6 is 0 Å². The van der Waals surface area contributed by atoms with Gasteiger partial charge in [0.25, 0.3) is 5.56 Å². The number of carbonyl (C=O) groups excluding carboxylic acids is 1. The van der Waals surface area contributed by atoms with Gasteiger partial charge in [0, 0.05) is 23.7 Å². The molecule has 0 aliphatic carbocycles. The molecule has 0 spiro atoms.